The van der Waals surface area contributed by atoms with Gasteiger partial charge in [0.2, 0.25) is 0 Å². The minimum Gasteiger partial charge on any atom is -0.487 e. The lowest BCUT2D eigenvalue weighted by Gasteiger charge is -2.20. The molecule has 0 radical (unpaired) electrons. The van der Waals surface area contributed by atoms with Crippen LogP contribution in [0.5, 0.6) is 11.5 Å². The van der Waals surface area contributed by atoms with Crippen molar-refractivity contribution < 1.29 is 19.7 Å². The van der Waals surface area contributed by atoms with Gasteiger partial charge in [-0.15, -0.1) is 24.8 Å². The lowest BCUT2D eigenvalue weighted by Crippen LogP contribution is -2.35. The van der Waals surface area contributed by atoms with Crippen molar-refractivity contribution in [1.82, 2.24) is 10.6 Å². The van der Waals surface area contributed by atoms with Gasteiger partial charge in [0.25, 0.3) is 0 Å². The molecule has 2 atom stereocenters. The Kier molecular flexibility index (Phi) is 14.1. The van der Waals surface area contributed by atoms with Crippen molar-refractivity contribution in [2.45, 2.75) is 52.0 Å². The van der Waals surface area contributed by atoms with Crippen LogP contribution in [0.15, 0.2) is 36.4 Å². The topological polar surface area (TPSA) is 83.0 Å². The maximum absolute atomic E-state index is 10.2. The highest BCUT2D eigenvalue weighted by Gasteiger charge is 2.15. The van der Waals surface area contributed by atoms with Crippen LogP contribution < -0.4 is 20.1 Å². The molecule has 0 aromatic heterocycles. The summed E-state index contributed by atoms with van der Waals surface area (Å²) >= 11 is 0. The van der Waals surface area contributed by atoms with Gasteiger partial charge >= 0.3 is 0 Å². The number of benzene rings is 2. The Morgan fingerprint density at radius 1 is 0.767 bits per heavy atom. The Balaban J connectivity index is 0.00000420. The van der Waals surface area contributed by atoms with Crippen LogP contribution in [0, 0.1) is 0 Å². The number of fused-ring (bicyclic) bond motifs is 1. The van der Waals surface area contributed by atoms with E-state index in [1.807, 2.05) is 64.1 Å². The number of ether oxygens (including phenoxy) is 2. The van der Waals surface area contributed by atoms with E-state index < -0.39 is 12.2 Å². The van der Waals surface area contributed by atoms with Crippen molar-refractivity contribution in [2.24, 2.45) is 0 Å². The second kappa shape index (κ2) is 14.7. The summed E-state index contributed by atoms with van der Waals surface area (Å²) in [4.78, 5) is 0. The first-order valence-electron chi connectivity index (χ1n) is 9.97. The van der Waals surface area contributed by atoms with Crippen molar-refractivity contribution in [3.05, 3.63) is 36.4 Å². The van der Waals surface area contributed by atoms with Gasteiger partial charge in [-0.25, -0.2) is 0 Å². The Morgan fingerprint density at radius 3 is 1.87 bits per heavy atom. The normalized spacial score (nSPS) is 12.9. The first-order valence-corrected chi connectivity index (χ1v) is 9.97. The maximum Gasteiger partial charge on any atom is 0.169 e. The number of hydrogen-bond donors (Lipinski definition) is 4. The molecule has 172 valence electrons. The van der Waals surface area contributed by atoms with E-state index in [9.17, 15) is 10.2 Å². The number of rotatable bonds is 12. The molecule has 6 nitrogen and oxygen atoms in total. The van der Waals surface area contributed by atoms with Crippen LogP contribution in [-0.2, 0) is 0 Å². The summed E-state index contributed by atoms with van der Waals surface area (Å²) in [5, 5.41) is 28.6. The first-order chi connectivity index (χ1) is 13.4. The van der Waals surface area contributed by atoms with E-state index in [4.69, 9.17) is 9.47 Å². The number of aliphatic hydroxyl groups excluding tert-OH is 2. The maximum atomic E-state index is 10.2. The summed E-state index contributed by atoms with van der Waals surface area (Å²) in [5.74, 6) is 1.15. The molecular formula is C22H36Cl2N2O4. The van der Waals surface area contributed by atoms with Crippen LogP contribution in [0.2, 0.25) is 0 Å². The SMILES string of the molecule is CC(C)NCC(O)COc1ccc2ccccc2c1OCC(O)CNC(C)C.Cl.Cl. The second-order valence-electron chi connectivity index (χ2n) is 7.67. The molecule has 4 N–H and O–H groups in total. The zero-order chi connectivity index (χ0) is 20.5. The highest BCUT2D eigenvalue weighted by molar-refractivity contribution is 5.90. The van der Waals surface area contributed by atoms with Crippen molar-refractivity contribution in [1.29, 1.82) is 0 Å². The van der Waals surface area contributed by atoms with Crippen LogP contribution in [0.4, 0.5) is 0 Å². The van der Waals surface area contributed by atoms with Gasteiger partial charge in [-0.2, -0.15) is 0 Å². The molecule has 0 heterocycles. The Morgan fingerprint density at radius 2 is 1.30 bits per heavy atom. The van der Waals surface area contributed by atoms with Gasteiger partial charge in [0, 0.05) is 30.6 Å². The highest BCUT2D eigenvalue weighted by atomic mass is 35.5. The quantitative estimate of drug-likeness (QED) is 0.387. The number of nitrogens with one attached hydrogen (secondary N) is 2. The fraction of sp³-hybridized carbons (Fsp3) is 0.545. The standard InChI is InChI=1S/C22H34N2O4.2ClH/c1-15(2)23-11-18(25)13-27-21-10-9-17-7-5-6-8-20(17)22(21)28-14-19(26)12-24-16(3)4;;/h5-10,15-16,18-19,23-26H,11-14H2,1-4H3;2*1H. The minimum absolute atomic E-state index is 0. The molecule has 0 spiro atoms. The second-order valence-corrected chi connectivity index (χ2v) is 7.67. The molecule has 0 aliphatic carbocycles. The highest BCUT2D eigenvalue weighted by Crippen LogP contribution is 2.35. The van der Waals surface area contributed by atoms with Gasteiger partial charge in [0.15, 0.2) is 11.5 Å². The minimum atomic E-state index is -0.630. The Labute approximate surface area is 192 Å². The molecule has 2 rings (SSSR count). The van der Waals surface area contributed by atoms with E-state index in [-0.39, 0.29) is 38.0 Å². The Bertz CT molecular complexity index is 731. The van der Waals surface area contributed by atoms with Crippen LogP contribution in [0.3, 0.4) is 0 Å². The molecular weight excluding hydrogens is 427 g/mol. The summed E-state index contributed by atoms with van der Waals surface area (Å²) in [7, 11) is 0. The number of halogens is 2. The van der Waals surface area contributed by atoms with Gasteiger partial charge in [-0.3, -0.25) is 0 Å². The Hall–Kier alpha value is -1.28. The average molecular weight is 463 g/mol. The lowest BCUT2D eigenvalue weighted by atomic mass is 10.1. The molecule has 0 fully saturated rings. The van der Waals surface area contributed by atoms with Crippen molar-refractivity contribution >= 4 is 35.6 Å². The number of aliphatic hydroxyl groups is 2. The van der Waals surface area contributed by atoms with Gasteiger partial charge in [0.1, 0.15) is 25.4 Å². The van der Waals surface area contributed by atoms with Gasteiger partial charge < -0.3 is 30.3 Å². The molecule has 0 aliphatic heterocycles. The predicted octanol–water partition coefficient (Wildman–Crippen LogP) is 3.16. The number of hydrogen-bond acceptors (Lipinski definition) is 6. The summed E-state index contributed by atoms with van der Waals surface area (Å²) in [6.07, 6.45) is -1.25. The van der Waals surface area contributed by atoms with Crippen molar-refractivity contribution in [3.8, 4) is 11.5 Å². The van der Waals surface area contributed by atoms with E-state index in [1.54, 1.807) is 0 Å². The molecule has 30 heavy (non-hydrogen) atoms. The van der Waals surface area contributed by atoms with E-state index >= 15 is 0 Å². The average Bonchev–Trinajstić information content (AvgIpc) is 2.67. The van der Waals surface area contributed by atoms with Crippen molar-refractivity contribution in [2.75, 3.05) is 26.3 Å². The van der Waals surface area contributed by atoms with Crippen LogP contribution in [0.25, 0.3) is 10.8 Å². The molecule has 0 saturated carbocycles. The third-order valence-corrected chi connectivity index (χ3v) is 4.22. The third kappa shape index (κ3) is 9.69. The summed E-state index contributed by atoms with van der Waals surface area (Å²) in [5.41, 5.74) is 0. The lowest BCUT2D eigenvalue weighted by molar-refractivity contribution is 0.0917. The van der Waals surface area contributed by atoms with Crippen LogP contribution in [0.1, 0.15) is 27.7 Å². The fourth-order valence-corrected chi connectivity index (χ4v) is 2.71. The zero-order valence-corrected chi connectivity index (χ0v) is 19.8. The van der Waals surface area contributed by atoms with E-state index in [0.29, 0.717) is 36.7 Å². The molecule has 2 aromatic carbocycles. The van der Waals surface area contributed by atoms with Crippen molar-refractivity contribution in [3.63, 3.8) is 0 Å². The molecule has 0 saturated heterocycles. The zero-order valence-electron chi connectivity index (χ0n) is 18.1. The van der Waals surface area contributed by atoms with Gasteiger partial charge in [0.05, 0.1) is 0 Å². The van der Waals surface area contributed by atoms with Gasteiger partial charge in [-0.05, 0) is 11.5 Å². The van der Waals surface area contributed by atoms with E-state index in [1.165, 1.54) is 0 Å². The monoisotopic (exact) mass is 462 g/mol. The molecule has 0 amide bonds. The largest absolute Gasteiger partial charge is 0.487 e. The summed E-state index contributed by atoms with van der Waals surface area (Å²) in [6.45, 7) is 9.35. The fourth-order valence-electron chi connectivity index (χ4n) is 2.71. The molecule has 8 heteroatoms. The summed E-state index contributed by atoms with van der Waals surface area (Å²) < 4.78 is 11.8. The van der Waals surface area contributed by atoms with Gasteiger partial charge in [-0.1, -0.05) is 58.0 Å². The van der Waals surface area contributed by atoms with Crippen LogP contribution >= 0.6 is 24.8 Å². The molecule has 0 bridgehead atoms. The van der Waals surface area contributed by atoms with E-state index in [0.717, 1.165) is 10.8 Å². The predicted molar refractivity (Wildman–Crippen MR) is 128 cm³/mol. The summed E-state index contributed by atoms with van der Waals surface area (Å²) in [6, 6.07) is 12.3. The molecule has 2 unspecified atom stereocenters. The third-order valence-electron chi connectivity index (χ3n) is 4.22. The van der Waals surface area contributed by atoms with Crippen LogP contribution in [-0.4, -0.2) is 60.8 Å². The smallest absolute Gasteiger partial charge is 0.169 e. The molecule has 2 aromatic rings. The van der Waals surface area contributed by atoms with E-state index in [2.05, 4.69) is 10.6 Å². The first kappa shape index (κ1) is 28.7. The molecule has 0 aliphatic rings.